The first-order valence-electron chi connectivity index (χ1n) is 5.52. The summed E-state index contributed by atoms with van der Waals surface area (Å²) in [5.74, 6) is -1.60. The predicted molar refractivity (Wildman–Crippen MR) is 62.1 cm³/mol. The molecule has 0 aliphatic rings. The monoisotopic (exact) mass is 241 g/mol. The standard InChI is InChI=1S/C11H19N3O3/c1-4-14(6-8(2)5-12)7-10(11(16)17)13-9(3)15/h8,10H,4,6-7H2,1-3H3,(H,13,15)(H,16,17). The fourth-order valence-electron chi connectivity index (χ4n) is 1.45. The first-order valence-corrected chi connectivity index (χ1v) is 5.52. The second kappa shape index (κ2) is 7.63. The van der Waals surface area contributed by atoms with E-state index in [9.17, 15) is 9.59 Å². The van der Waals surface area contributed by atoms with Crippen LogP contribution in [0, 0.1) is 17.2 Å². The fraction of sp³-hybridized carbons (Fsp3) is 0.727. The normalized spacial score (nSPS) is 13.8. The highest BCUT2D eigenvalue weighted by Gasteiger charge is 2.21. The van der Waals surface area contributed by atoms with E-state index in [1.807, 2.05) is 11.8 Å². The van der Waals surface area contributed by atoms with Crippen LogP contribution in [0.4, 0.5) is 0 Å². The molecule has 2 atom stereocenters. The number of nitrogens with one attached hydrogen (secondary N) is 1. The van der Waals surface area contributed by atoms with Crippen molar-refractivity contribution in [2.75, 3.05) is 19.6 Å². The Hall–Kier alpha value is -1.61. The number of carbonyl (C=O) groups excluding carboxylic acids is 1. The second-order valence-corrected chi connectivity index (χ2v) is 3.97. The highest BCUT2D eigenvalue weighted by molar-refractivity contribution is 5.82. The molecule has 2 N–H and O–H groups in total. The Morgan fingerprint density at radius 1 is 1.47 bits per heavy atom. The van der Waals surface area contributed by atoms with Crippen molar-refractivity contribution in [2.24, 2.45) is 5.92 Å². The molecule has 0 saturated carbocycles. The number of aliphatic carboxylic acids is 1. The number of nitriles is 1. The molecule has 0 bridgehead atoms. The fourth-order valence-corrected chi connectivity index (χ4v) is 1.45. The summed E-state index contributed by atoms with van der Waals surface area (Å²) in [6.07, 6.45) is 0. The third-order valence-electron chi connectivity index (χ3n) is 2.32. The highest BCUT2D eigenvalue weighted by atomic mass is 16.4. The van der Waals surface area contributed by atoms with E-state index in [1.54, 1.807) is 6.92 Å². The molecule has 0 rings (SSSR count). The summed E-state index contributed by atoms with van der Waals surface area (Å²) in [7, 11) is 0. The average molecular weight is 241 g/mol. The van der Waals surface area contributed by atoms with Crippen LogP contribution in [0.15, 0.2) is 0 Å². The van der Waals surface area contributed by atoms with E-state index in [0.29, 0.717) is 13.1 Å². The Balaban J connectivity index is 4.44. The zero-order chi connectivity index (χ0) is 13.4. The van der Waals surface area contributed by atoms with Gasteiger partial charge in [0.2, 0.25) is 5.91 Å². The van der Waals surface area contributed by atoms with E-state index < -0.39 is 12.0 Å². The molecule has 1 amide bonds. The van der Waals surface area contributed by atoms with Gasteiger partial charge in [-0.05, 0) is 13.5 Å². The molecule has 0 spiro atoms. The lowest BCUT2D eigenvalue weighted by molar-refractivity contribution is -0.142. The minimum absolute atomic E-state index is 0.165. The SMILES string of the molecule is CCN(CC(C)C#N)CC(NC(C)=O)C(=O)O. The molecule has 0 fully saturated rings. The van der Waals surface area contributed by atoms with Crippen LogP contribution in [-0.2, 0) is 9.59 Å². The van der Waals surface area contributed by atoms with E-state index >= 15 is 0 Å². The third-order valence-corrected chi connectivity index (χ3v) is 2.32. The lowest BCUT2D eigenvalue weighted by Crippen LogP contribution is -2.48. The van der Waals surface area contributed by atoms with Crippen molar-refractivity contribution in [3.05, 3.63) is 0 Å². The van der Waals surface area contributed by atoms with Gasteiger partial charge in [0, 0.05) is 20.0 Å². The summed E-state index contributed by atoms with van der Waals surface area (Å²) in [4.78, 5) is 23.6. The van der Waals surface area contributed by atoms with Gasteiger partial charge < -0.3 is 10.4 Å². The van der Waals surface area contributed by atoms with Crippen molar-refractivity contribution in [1.82, 2.24) is 10.2 Å². The summed E-state index contributed by atoms with van der Waals surface area (Å²) in [5.41, 5.74) is 0. The van der Waals surface area contributed by atoms with Gasteiger partial charge in [0.05, 0.1) is 12.0 Å². The molecule has 0 aliphatic heterocycles. The molecule has 17 heavy (non-hydrogen) atoms. The number of likely N-dealkylation sites (N-methyl/N-ethyl adjacent to an activating group) is 1. The number of rotatable bonds is 7. The largest absolute Gasteiger partial charge is 0.480 e. The molecular formula is C11H19N3O3. The van der Waals surface area contributed by atoms with Crippen LogP contribution in [0.25, 0.3) is 0 Å². The Morgan fingerprint density at radius 2 is 2.06 bits per heavy atom. The lowest BCUT2D eigenvalue weighted by Gasteiger charge is -2.25. The summed E-state index contributed by atoms with van der Waals surface area (Å²) in [5, 5.41) is 20.0. The smallest absolute Gasteiger partial charge is 0.327 e. The number of carboxylic acids is 1. The van der Waals surface area contributed by atoms with E-state index in [2.05, 4.69) is 11.4 Å². The van der Waals surface area contributed by atoms with Crippen LogP contribution in [0.3, 0.4) is 0 Å². The van der Waals surface area contributed by atoms with Crippen LogP contribution in [-0.4, -0.2) is 47.6 Å². The van der Waals surface area contributed by atoms with Crippen LogP contribution in [0.1, 0.15) is 20.8 Å². The zero-order valence-corrected chi connectivity index (χ0v) is 10.4. The number of hydrogen-bond acceptors (Lipinski definition) is 4. The number of carboxylic acid groups (broad SMARTS) is 1. The van der Waals surface area contributed by atoms with E-state index in [0.717, 1.165) is 0 Å². The number of nitrogens with zero attached hydrogens (tertiary/aromatic N) is 2. The molecule has 0 radical (unpaired) electrons. The minimum atomic E-state index is -1.07. The molecular weight excluding hydrogens is 222 g/mol. The van der Waals surface area contributed by atoms with Gasteiger partial charge in [-0.2, -0.15) is 5.26 Å². The Labute approximate surface area is 101 Å². The van der Waals surface area contributed by atoms with E-state index in [1.165, 1.54) is 6.92 Å². The van der Waals surface area contributed by atoms with Crippen molar-refractivity contribution in [2.45, 2.75) is 26.8 Å². The Kier molecular flexibility index (Phi) is 6.91. The first kappa shape index (κ1) is 15.4. The number of hydrogen-bond donors (Lipinski definition) is 2. The third kappa shape index (κ3) is 6.53. The number of amides is 1. The maximum atomic E-state index is 10.9. The predicted octanol–water partition coefficient (Wildman–Crippen LogP) is 0.0573. The summed E-state index contributed by atoms with van der Waals surface area (Å²) in [6, 6.07) is 1.16. The van der Waals surface area contributed by atoms with Gasteiger partial charge in [0.1, 0.15) is 6.04 Å². The van der Waals surface area contributed by atoms with Crippen LogP contribution in [0.2, 0.25) is 0 Å². The van der Waals surface area contributed by atoms with Gasteiger partial charge in [-0.25, -0.2) is 4.79 Å². The maximum absolute atomic E-state index is 10.9. The molecule has 96 valence electrons. The van der Waals surface area contributed by atoms with Gasteiger partial charge >= 0.3 is 5.97 Å². The van der Waals surface area contributed by atoms with Crippen molar-refractivity contribution in [3.63, 3.8) is 0 Å². The summed E-state index contributed by atoms with van der Waals surface area (Å²) < 4.78 is 0. The average Bonchev–Trinajstić information content (AvgIpc) is 2.25. The lowest BCUT2D eigenvalue weighted by atomic mass is 10.1. The van der Waals surface area contributed by atoms with Crippen molar-refractivity contribution in [1.29, 1.82) is 5.26 Å². The summed E-state index contributed by atoms with van der Waals surface area (Å²) >= 11 is 0. The topological polar surface area (TPSA) is 93.4 Å². The Bertz CT molecular complexity index is 312. The second-order valence-electron chi connectivity index (χ2n) is 3.97. The van der Waals surface area contributed by atoms with Crippen LogP contribution in [0.5, 0.6) is 0 Å². The quantitative estimate of drug-likeness (QED) is 0.657. The van der Waals surface area contributed by atoms with Crippen molar-refractivity contribution < 1.29 is 14.7 Å². The van der Waals surface area contributed by atoms with Gasteiger partial charge in [0.25, 0.3) is 0 Å². The molecule has 0 aliphatic carbocycles. The molecule has 0 heterocycles. The maximum Gasteiger partial charge on any atom is 0.327 e. The number of carbonyl (C=O) groups is 2. The molecule has 0 saturated heterocycles. The molecule has 6 heteroatoms. The minimum Gasteiger partial charge on any atom is -0.480 e. The van der Waals surface area contributed by atoms with Gasteiger partial charge in [-0.15, -0.1) is 0 Å². The van der Waals surface area contributed by atoms with Crippen molar-refractivity contribution in [3.8, 4) is 6.07 Å². The molecule has 0 aromatic carbocycles. The van der Waals surface area contributed by atoms with Gasteiger partial charge in [-0.3, -0.25) is 9.69 Å². The van der Waals surface area contributed by atoms with E-state index in [-0.39, 0.29) is 18.4 Å². The van der Waals surface area contributed by atoms with Crippen LogP contribution < -0.4 is 5.32 Å². The molecule has 6 nitrogen and oxygen atoms in total. The molecule has 2 unspecified atom stereocenters. The zero-order valence-electron chi connectivity index (χ0n) is 10.4. The van der Waals surface area contributed by atoms with Crippen molar-refractivity contribution >= 4 is 11.9 Å². The highest BCUT2D eigenvalue weighted by Crippen LogP contribution is 2.00. The van der Waals surface area contributed by atoms with E-state index in [4.69, 9.17) is 10.4 Å². The van der Waals surface area contributed by atoms with Gasteiger partial charge in [-0.1, -0.05) is 6.92 Å². The molecule has 0 aromatic rings. The summed E-state index contributed by atoms with van der Waals surface area (Å²) in [6.45, 7) is 6.28. The Morgan fingerprint density at radius 3 is 2.41 bits per heavy atom. The first-order chi connectivity index (χ1) is 7.90. The molecule has 0 aromatic heterocycles. The van der Waals surface area contributed by atoms with Gasteiger partial charge in [0.15, 0.2) is 0 Å². The van der Waals surface area contributed by atoms with Crippen LogP contribution >= 0.6 is 0 Å².